The van der Waals surface area contributed by atoms with Crippen LogP contribution in [0.25, 0.3) is 0 Å². The van der Waals surface area contributed by atoms with Crippen molar-refractivity contribution in [3.05, 3.63) is 59.2 Å². The molecule has 7 nitrogen and oxygen atoms in total. The first kappa shape index (κ1) is 22.5. The number of ether oxygens (including phenoxy) is 2. The van der Waals surface area contributed by atoms with Gasteiger partial charge in [0.05, 0.1) is 13.7 Å². The molecule has 0 heterocycles. The zero-order valence-electron chi connectivity index (χ0n) is 18.5. The van der Waals surface area contributed by atoms with Crippen LogP contribution >= 0.6 is 0 Å². The van der Waals surface area contributed by atoms with E-state index >= 15 is 0 Å². The summed E-state index contributed by atoms with van der Waals surface area (Å²) in [6.45, 7) is 4.49. The smallest absolute Gasteiger partial charge is 0.251 e. The third kappa shape index (κ3) is 7.20. The number of benzene rings is 2. The largest absolute Gasteiger partial charge is 0.497 e. The van der Waals surface area contributed by atoms with E-state index in [0.717, 1.165) is 17.9 Å². The van der Waals surface area contributed by atoms with E-state index in [1.807, 2.05) is 6.07 Å². The zero-order valence-corrected chi connectivity index (χ0v) is 18.5. The van der Waals surface area contributed by atoms with Gasteiger partial charge in [0.15, 0.2) is 5.96 Å². The molecular weight excluding hydrogens is 392 g/mol. The molecule has 1 amide bonds. The monoisotopic (exact) mass is 424 g/mol. The van der Waals surface area contributed by atoms with Gasteiger partial charge in [0.1, 0.15) is 11.5 Å². The van der Waals surface area contributed by atoms with Crippen molar-refractivity contribution in [2.75, 3.05) is 33.9 Å². The first-order chi connectivity index (χ1) is 15.1. The number of hydrogen-bond donors (Lipinski definition) is 3. The summed E-state index contributed by atoms with van der Waals surface area (Å²) < 4.78 is 11.2. The molecule has 0 aromatic heterocycles. The van der Waals surface area contributed by atoms with E-state index in [9.17, 15) is 4.79 Å². The minimum absolute atomic E-state index is 0.138. The lowest BCUT2D eigenvalue weighted by Gasteiger charge is -2.15. The number of methoxy groups -OCH3 is 1. The zero-order chi connectivity index (χ0) is 22.1. The molecule has 31 heavy (non-hydrogen) atoms. The fourth-order valence-corrected chi connectivity index (χ4v) is 3.06. The lowest BCUT2D eigenvalue weighted by atomic mass is 10.1. The number of aryl methyl sites for hydroxylation is 1. The van der Waals surface area contributed by atoms with E-state index in [1.54, 1.807) is 32.4 Å². The summed E-state index contributed by atoms with van der Waals surface area (Å²) in [5.41, 5.74) is 2.85. The number of nitrogens with zero attached hydrogens (tertiary/aromatic N) is 1. The molecular formula is C24H32N4O3. The summed E-state index contributed by atoms with van der Waals surface area (Å²) in [4.78, 5) is 16.5. The third-order valence-electron chi connectivity index (χ3n) is 5.10. The molecule has 7 heteroatoms. The van der Waals surface area contributed by atoms with Crippen LogP contribution < -0.4 is 25.4 Å². The number of nitrogens with one attached hydrogen (secondary N) is 3. The second-order valence-corrected chi connectivity index (χ2v) is 7.71. The summed E-state index contributed by atoms with van der Waals surface area (Å²) in [7, 11) is 3.31. The predicted octanol–water partition coefficient (Wildman–Crippen LogP) is 2.89. The minimum atomic E-state index is -0.138. The molecule has 0 aliphatic heterocycles. The Morgan fingerprint density at radius 1 is 1.10 bits per heavy atom. The van der Waals surface area contributed by atoms with Crippen molar-refractivity contribution in [1.29, 1.82) is 0 Å². The molecule has 0 atom stereocenters. The van der Waals surface area contributed by atoms with Crippen LogP contribution in [0.15, 0.2) is 47.5 Å². The van der Waals surface area contributed by atoms with Crippen molar-refractivity contribution in [1.82, 2.24) is 16.0 Å². The van der Waals surface area contributed by atoms with Crippen LogP contribution in [0.5, 0.6) is 11.5 Å². The number of carbonyl (C=O) groups is 1. The van der Waals surface area contributed by atoms with Crippen LogP contribution in [0.1, 0.15) is 34.3 Å². The standard InChI is InChI=1S/C24H32N4O3/c1-17-7-10-20(22(13-17)31-16-18-8-9-18)15-28-24(25-2)27-12-11-26-23(29)19-5-4-6-21(14-19)30-3/h4-7,10,13-14,18H,8-9,11-12,15-16H2,1-3H3,(H,26,29)(H2,25,27,28). The highest BCUT2D eigenvalue weighted by molar-refractivity contribution is 5.94. The summed E-state index contributed by atoms with van der Waals surface area (Å²) in [5.74, 6) is 2.83. The molecule has 1 saturated carbocycles. The van der Waals surface area contributed by atoms with Gasteiger partial charge in [0.25, 0.3) is 5.91 Å². The normalized spacial score (nSPS) is 13.5. The van der Waals surface area contributed by atoms with Crippen molar-refractivity contribution < 1.29 is 14.3 Å². The molecule has 1 aliphatic carbocycles. The lowest BCUT2D eigenvalue weighted by molar-refractivity contribution is 0.0954. The quantitative estimate of drug-likeness (QED) is 0.310. The number of rotatable bonds is 10. The van der Waals surface area contributed by atoms with Gasteiger partial charge in [-0.05, 0) is 55.5 Å². The summed E-state index contributed by atoms with van der Waals surface area (Å²) >= 11 is 0. The van der Waals surface area contributed by atoms with Crippen LogP contribution in [-0.2, 0) is 6.54 Å². The maximum atomic E-state index is 12.3. The summed E-state index contributed by atoms with van der Waals surface area (Å²) in [6, 6.07) is 13.3. The Bertz CT molecular complexity index is 909. The van der Waals surface area contributed by atoms with Gasteiger partial charge in [-0.3, -0.25) is 9.79 Å². The van der Waals surface area contributed by atoms with Crippen LogP contribution in [-0.4, -0.2) is 45.7 Å². The molecule has 0 radical (unpaired) electrons. The van der Waals surface area contributed by atoms with E-state index < -0.39 is 0 Å². The summed E-state index contributed by atoms with van der Waals surface area (Å²) in [5, 5.41) is 9.42. The molecule has 2 aromatic rings. The highest BCUT2D eigenvalue weighted by Crippen LogP contribution is 2.30. The highest BCUT2D eigenvalue weighted by Gasteiger charge is 2.22. The lowest BCUT2D eigenvalue weighted by Crippen LogP contribution is -2.41. The maximum Gasteiger partial charge on any atom is 0.251 e. The fraction of sp³-hybridized carbons (Fsp3) is 0.417. The van der Waals surface area contributed by atoms with Crippen molar-refractivity contribution in [2.24, 2.45) is 10.9 Å². The van der Waals surface area contributed by atoms with Gasteiger partial charge < -0.3 is 25.4 Å². The van der Waals surface area contributed by atoms with Gasteiger partial charge in [0.2, 0.25) is 0 Å². The molecule has 0 unspecified atom stereocenters. The van der Waals surface area contributed by atoms with Crippen molar-refractivity contribution in [3.63, 3.8) is 0 Å². The maximum absolute atomic E-state index is 12.3. The predicted molar refractivity (Wildman–Crippen MR) is 123 cm³/mol. The SMILES string of the molecule is CN=C(NCCNC(=O)c1cccc(OC)c1)NCc1ccc(C)cc1OCC1CC1. The van der Waals surface area contributed by atoms with Crippen LogP contribution in [0.3, 0.4) is 0 Å². The number of guanidine groups is 1. The number of carbonyl (C=O) groups excluding carboxylic acids is 1. The van der Waals surface area contributed by atoms with E-state index in [1.165, 1.54) is 18.4 Å². The molecule has 2 aromatic carbocycles. The molecule has 0 saturated heterocycles. The molecule has 3 N–H and O–H groups in total. The second-order valence-electron chi connectivity index (χ2n) is 7.71. The second kappa shape index (κ2) is 11.2. The molecule has 3 rings (SSSR count). The Labute approximate surface area is 184 Å². The van der Waals surface area contributed by atoms with Gasteiger partial charge in [-0.25, -0.2) is 0 Å². The van der Waals surface area contributed by atoms with E-state index in [-0.39, 0.29) is 5.91 Å². The average molecular weight is 425 g/mol. The first-order valence-electron chi connectivity index (χ1n) is 10.7. The van der Waals surface area contributed by atoms with E-state index in [0.29, 0.717) is 42.8 Å². The fourth-order valence-electron chi connectivity index (χ4n) is 3.06. The van der Waals surface area contributed by atoms with E-state index in [2.05, 4.69) is 46.1 Å². The topological polar surface area (TPSA) is 84.0 Å². The van der Waals surface area contributed by atoms with Gasteiger partial charge in [0, 0.05) is 37.8 Å². The van der Waals surface area contributed by atoms with Gasteiger partial charge >= 0.3 is 0 Å². The van der Waals surface area contributed by atoms with Crippen LogP contribution in [0, 0.1) is 12.8 Å². The Hall–Kier alpha value is -3.22. The number of hydrogen-bond acceptors (Lipinski definition) is 4. The Balaban J connectivity index is 1.43. The van der Waals surface area contributed by atoms with Crippen molar-refractivity contribution in [2.45, 2.75) is 26.3 Å². The van der Waals surface area contributed by atoms with Crippen LogP contribution in [0.4, 0.5) is 0 Å². The first-order valence-corrected chi connectivity index (χ1v) is 10.7. The molecule has 1 fully saturated rings. The van der Waals surface area contributed by atoms with Crippen molar-refractivity contribution >= 4 is 11.9 Å². The summed E-state index contributed by atoms with van der Waals surface area (Å²) in [6.07, 6.45) is 2.54. The van der Waals surface area contributed by atoms with Crippen LogP contribution in [0.2, 0.25) is 0 Å². The van der Waals surface area contributed by atoms with Gasteiger partial charge in [-0.1, -0.05) is 18.2 Å². The third-order valence-corrected chi connectivity index (χ3v) is 5.10. The molecule has 0 bridgehead atoms. The molecule has 166 valence electrons. The number of aliphatic imine (C=N–C) groups is 1. The van der Waals surface area contributed by atoms with Gasteiger partial charge in [-0.15, -0.1) is 0 Å². The average Bonchev–Trinajstić information content (AvgIpc) is 3.62. The Morgan fingerprint density at radius 2 is 1.90 bits per heavy atom. The van der Waals surface area contributed by atoms with Crippen molar-refractivity contribution in [3.8, 4) is 11.5 Å². The highest BCUT2D eigenvalue weighted by atomic mass is 16.5. The van der Waals surface area contributed by atoms with Gasteiger partial charge in [-0.2, -0.15) is 0 Å². The minimum Gasteiger partial charge on any atom is -0.497 e. The number of amides is 1. The Morgan fingerprint density at radius 3 is 2.65 bits per heavy atom. The van der Waals surface area contributed by atoms with E-state index in [4.69, 9.17) is 9.47 Å². The molecule has 0 spiro atoms. The molecule has 1 aliphatic rings. The Kier molecular flexibility index (Phi) is 8.15.